The molecule has 1 fully saturated rings. The van der Waals surface area contributed by atoms with Crippen molar-refractivity contribution in [1.82, 2.24) is 4.90 Å². The summed E-state index contributed by atoms with van der Waals surface area (Å²) in [6.45, 7) is 10.4. The highest BCUT2D eigenvalue weighted by Crippen LogP contribution is 2.38. The molecule has 0 radical (unpaired) electrons. The number of nitrogens with zero attached hydrogens (tertiary/aromatic N) is 1. The molecule has 1 saturated carbocycles. The number of nitrogens with one attached hydrogen (secondary N) is 1. The molecule has 3 heteroatoms. The Morgan fingerprint density at radius 1 is 1.40 bits per heavy atom. The van der Waals surface area contributed by atoms with Crippen LogP contribution in [-0.2, 0) is 11.3 Å². The average Bonchev–Trinajstić information content (AvgIpc) is 3.05. The third-order valence-electron chi connectivity index (χ3n) is 4.18. The summed E-state index contributed by atoms with van der Waals surface area (Å²) in [5.41, 5.74) is 2.14. The molecule has 1 aliphatic rings. The van der Waals surface area contributed by atoms with Gasteiger partial charge in [0.1, 0.15) is 0 Å². The number of amides is 1. The predicted octanol–water partition coefficient (Wildman–Crippen LogP) is 3.51. The second-order valence-electron chi connectivity index (χ2n) is 6.33. The summed E-state index contributed by atoms with van der Waals surface area (Å²) in [5, 5.41) is 2.93. The van der Waals surface area contributed by atoms with Crippen LogP contribution in [0.3, 0.4) is 0 Å². The van der Waals surface area contributed by atoms with Crippen LogP contribution in [0.15, 0.2) is 24.3 Å². The van der Waals surface area contributed by atoms with Crippen molar-refractivity contribution in [2.24, 2.45) is 11.8 Å². The lowest BCUT2D eigenvalue weighted by Gasteiger charge is -2.27. The second kappa shape index (κ2) is 6.40. The van der Waals surface area contributed by atoms with Gasteiger partial charge in [0, 0.05) is 31.7 Å². The SMILES string of the molecule is CC(=O)Nc1ccccc1CN(C[C@H]1C[C@@H]1C)C(C)C. The minimum Gasteiger partial charge on any atom is -0.326 e. The number of para-hydroxylation sites is 1. The van der Waals surface area contributed by atoms with Crippen LogP contribution in [0, 0.1) is 11.8 Å². The van der Waals surface area contributed by atoms with Crippen LogP contribution in [0.1, 0.15) is 39.7 Å². The molecule has 0 aliphatic heterocycles. The fraction of sp³-hybridized carbons (Fsp3) is 0.588. The first-order valence-electron chi connectivity index (χ1n) is 7.57. The molecule has 2 atom stereocenters. The van der Waals surface area contributed by atoms with Crippen molar-refractivity contribution in [1.29, 1.82) is 0 Å². The molecule has 0 heterocycles. The van der Waals surface area contributed by atoms with E-state index >= 15 is 0 Å². The van der Waals surface area contributed by atoms with E-state index in [9.17, 15) is 4.79 Å². The van der Waals surface area contributed by atoms with Crippen LogP contribution in [0.25, 0.3) is 0 Å². The van der Waals surface area contributed by atoms with Crippen LogP contribution in [0.5, 0.6) is 0 Å². The number of hydrogen-bond donors (Lipinski definition) is 1. The van der Waals surface area contributed by atoms with Gasteiger partial charge < -0.3 is 5.32 Å². The fourth-order valence-corrected chi connectivity index (χ4v) is 2.60. The fourth-order valence-electron chi connectivity index (χ4n) is 2.60. The minimum absolute atomic E-state index is 0.00985. The Bertz CT molecular complexity index is 470. The lowest BCUT2D eigenvalue weighted by molar-refractivity contribution is -0.114. The summed E-state index contributed by atoms with van der Waals surface area (Å²) in [6.07, 6.45) is 1.36. The van der Waals surface area contributed by atoms with Gasteiger partial charge >= 0.3 is 0 Å². The maximum Gasteiger partial charge on any atom is 0.221 e. The van der Waals surface area contributed by atoms with E-state index in [0.29, 0.717) is 6.04 Å². The molecule has 1 aliphatic carbocycles. The second-order valence-corrected chi connectivity index (χ2v) is 6.33. The van der Waals surface area contributed by atoms with Crippen molar-refractivity contribution in [3.05, 3.63) is 29.8 Å². The van der Waals surface area contributed by atoms with E-state index in [4.69, 9.17) is 0 Å². The molecule has 1 N–H and O–H groups in total. The molecule has 0 bridgehead atoms. The third kappa shape index (κ3) is 4.07. The molecule has 2 rings (SSSR count). The summed E-state index contributed by atoms with van der Waals surface area (Å²) < 4.78 is 0. The Balaban J connectivity index is 2.07. The zero-order valence-electron chi connectivity index (χ0n) is 13.0. The van der Waals surface area contributed by atoms with Crippen molar-refractivity contribution >= 4 is 11.6 Å². The number of carbonyl (C=O) groups is 1. The van der Waals surface area contributed by atoms with E-state index in [0.717, 1.165) is 30.6 Å². The van der Waals surface area contributed by atoms with Crippen molar-refractivity contribution in [2.75, 3.05) is 11.9 Å². The lowest BCUT2D eigenvalue weighted by Crippen LogP contribution is -2.32. The number of rotatable bonds is 6. The molecule has 3 nitrogen and oxygen atoms in total. The Morgan fingerprint density at radius 3 is 2.60 bits per heavy atom. The highest BCUT2D eigenvalue weighted by molar-refractivity contribution is 5.89. The van der Waals surface area contributed by atoms with Gasteiger partial charge in [-0.05, 0) is 43.7 Å². The molecule has 1 amide bonds. The first kappa shape index (κ1) is 15.0. The van der Waals surface area contributed by atoms with E-state index < -0.39 is 0 Å². The number of hydrogen-bond acceptors (Lipinski definition) is 2. The molecule has 1 aromatic carbocycles. The first-order chi connectivity index (χ1) is 9.47. The van der Waals surface area contributed by atoms with E-state index in [1.807, 2.05) is 18.2 Å². The largest absolute Gasteiger partial charge is 0.326 e. The molecule has 1 aromatic rings. The van der Waals surface area contributed by atoms with Gasteiger partial charge in [-0.2, -0.15) is 0 Å². The molecular formula is C17H26N2O. The van der Waals surface area contributed by atoms with Crippen molar-refractivity contribution in [3.63, 3.8) is 0 Å². The topological polar surface area (TPSA) is 32.3 Å². The number of anilines is 1. The predicted molar refractivity (Wildman–Crippen MR) is 83.6 cm³/mol. The summed E-state index contributed by atoms with van der Waals surface area (Å²) in [7, 11) is 0. The zero-order chi connectivity index (χ0) is 14.7. The summed E-state index contributed by atoms with van der Waals surface area (Å²) in [5.74, 6) is 1.72. The van der Waals surface area contributed by atoms with E-state index in [1.54, 1.807) is 6.92 Å². The van der Waals surface area contributed by atoms with Gasteiger partial charge in [-0.15, -0.1) is 0 Å². The van der Waals surface area contributed by atoms with Crippen LogP contribution < -0.4 is 5.32 Å². The van der Waals surface area contributed by atoms with Gasteiger partial charge in [0.05, 0.1) is 0 Å². The van der Waals surface area contributed by atoms with Gasteiger partial charge in [0.2, 0.25) is 5.91 Å². The Hall–Kier alpha value is -1.35. The van der Waals surface area contributed by atoms with Crippen LogP contribution >= 0.6 is 0 Å². The average molecular weight is 274 g/mol. The van der Waals surface area contributed by atoms with Crippen molar-refractivity contribution in [3.8, 4) is 0 Å². The van der Waals surface area contributed by atoms with E-state index in [2.05, 4.69) is 37.1 Å². The van der Waals surface area contributed by atoms with Gasteiger partial charge in [-0.3, -0.25) is 9.69 Å². The summed E-state index contributed by atoms with van der Waals surface area (Å²) >= 11 is 0. The van der Waals surface area contributed by atoms with E-state index in [1.165, 1.54) is 12.0 Å². The smallest absolute Gasteiger partial charge is 0.221 e. The van der Waals surface area contributed by atoms with Gasteiger partial charge in [-0.1, -0.05) is 25.1 Å². The first-order valence-corrected chi connectivity index (χ1v) is 7.57. The molecule has 0 saturated heterocycles. The lowest BCUT2D eigenvalue weighted by atomic mass is 10.1. The Morgan fingerprint density at radius 2 is 2.05 bits per heavy atom. The van der Waals surface area contributed by atoms with Crippen molar-refractivity contribution < 1.29 is 4.79 Å². The third-order valence-corrected chi connectivity index (χ3v) is 4.18. The van der Waals surface area contributed by atoms with Crippen LogP contribution in [-0.4, -0.2) is 23.4 Å². The van der Waals surface area contributed by atoms with Gasteiger partial charge in [-0.25, -0.2) is 0 Å². The van der Waals surface area contributed by atoms with Gasteiger partial charge in [0.15, 0.2) is 0 Å². The molecule has 110 valence electrons. The normalized spacial score (nSPS) is 21.3. The minimum atomic E-state index is -0.00985. The highest BCUT2D eigenvalue weighted by atomic mass is 16.1. The van der Waals surface area contributed by atoms with Crippen molar-refractivity contribution in [2.45, 2.75) is 46.7 Å². The van der Waals surface area contributed by atoms with Crippen LogP contribution in [0.2, 0.25) is 0 Å². The quantitative estimate of drug-likeness (QED) is 0.861. The number of carbonyl (C=O) groups excluding carboxylic acids is 1. The standard InChI is InChI=1S/C17H26N2O/c1-12(2)19(11-16-9-13(16)3)10-15-7-5-6-8-17(15)18-14(4)20/h5-8,12-13,16H,9-11H2,1-4H3,(H,18,20)/t13-,16+/m0/s1. The monoisotopic (exact) mass is 274 g/mol. The summed E-state index contributed by atoms with van der Waals surface area (Å²) in [6, 6.07) is 8.62. The molecule has 0 spiro atoms. The number of benzene rings is 1. The maximum atomic E-state index is 11.3. The highest BCUT2D eigenvalue weighted by Gasteiger charge is 2.34. The van der Waals surface area contributed by atoms with Crippen LogP contribution in [0.4, 0.5) is 5.69 Å². The molecule has 0 aromatic heterocycles. The molecule has 0 unspecified atom stereocenters. The van der Waals surface area contributed by atoms with E-state index in [-0.39, 0.29) is 5.91 Å². The summed E-state index contributed by atoms with van der Waals surface area (Å²) in [4.78, 5) is 13.8. The van der Waals surface area contributed by atoms with Gasteiger partial charge in [0.25, 0.3) is 0 Å². The Kier molecular flexibility index (Phi) is 4.81. The maximum absolute atomic E-state index is 11.3. The molecular weight excluding hydrogens is 248 g/mol. The zero-order valence-corrected chi connectivity index (χ0v) is 13.0. The Labute approximate surface area is 122 Å². The molecule has 20 heavy (non-hydrogen) atoms.